The summed E-state index contributed by atoms with van der Waals surface area (Å²) in [6.07, 6.45) is 4.51. The summed E-state index contributed by atoms with van der Waals surface area (Å²) in [5.74, 6) is 1.66. The zero-order chi connectivity index (χ0) is 24.0. The van der Waals surface area contributed by atoms with E-state index in [0.29, 0.717) is 11.6 Å². The summed E-state index contributed by atoms with van der Waals surface area (Å²) < 4.78 is 21.3. The summed E-state index contributed by atoms with van der Waals surface area (Å²) in [7, 11) is -0.775. The first-order valence-corrected chi connectivity index (χ1v) is 12.5. The fourth-order valence-electron chi connectivity index (χ4n) is 2.74. The molecule has 0 unspecified atom stereocenters. The van der Waals surface area contributed by atoms with Gasteiger partial charge in [-0.25, -0.2) is 14.2 Å². The first-order valence-electron chi connectivity index (χ1n) is 10.1. The molecule has 1 aromatic carbocycles. The van der Waals surface area contributed by atoms with Crippen LogP contribution >= 0.6 is 0 Å². The van der Waals surface area contributed by atoms with Crippen LogP contribution in [-0.2, 0) is 9.73 Å². The summed E-state index contributed by atoms with van der Waals surface area (Å²) in [6.45, 7) is 3.73. The summed E-state index contributed by atoms with van der Waals surface area (Å²) in [6, 6.07) is 12.3. The normalized spacial score (nSPS) is 11.1. The highest BCUT2D eigenvalue weighted by atomic mass is 32.2. The molecular weight excluding hydrogens is 442 g/mol. The molecule has 10 nitrogen and oxygen atoms in total. The molecule has 0 aliphatic carbocycles. The van der Waals surface area contributed by atoms with Crippen LogP contribution in [0.15, 0.2) is 53.0 Å². The molecule has 3 aromatic rings. The maximum atomic E-state index is 12.7. The highest BCUT2D eigenvalue weighted by molar-refractivity contribution is 7.92. The minimum absolute atomic E-state index is 0.0648. The van der Waals surface area contributed by atoms with Crippen LogP contribution in [0.2, 0.25) is 0 Å². The van der Waals surface area contributed by atoms with E-state index in [1.165, 1.54) is 18.7 Å². The lowest BCUT2D eigenvalue weighted by atomic mass is 10.2. The van der Waals surface area contributed by atoms with Crippen molar-refractivity contribution in [3.63, 3.8) is 0 Å². The van der Waals surface area contributed by atoms with E-state index in [1.54, 1.807) is 25.3 Å². The first-order chi connectivity index (χ1) is 15.6. The van der Waals surface area contributed by atoms with Crippen molar-refractivity contribution in [3.8, 4) is 5.75 Å². The lowest BCUT2D eigenvalue weighted by molar-refractivity contribution is 0.0943. The molecule has 0 bridgehead atoms. The second kappa shape index (κ2) is 10.3. The molecule has 0 saturated heterocycles. The number of rotatable bonds is 8. The van der Waals surface area contributed by atoms with E-state index in [1.807, 2.05) is 38.1 Å². The van der Waals surface area contributed by atoms with Crippen molar-refractivity contribution in [2.24, 2.45) is 4.36 Å². The highest BCUT2D eigenvalue weighted by Gasteiger charge is 2.17. The van der Waals surface area contributed by atoms with Gasteiger partial charge in [-0.15, -0.1) is 0 Å². The highest BCUT2D eigenvalue weighted by Crippen LogP contribution is 2.23. The zero-order valence-electron chi connectivity index (χ0n) is 19.1. The molecule has 0 radical (unpaired) electrons. The van der Waals surface area contributed by atoms with Crippen LogP contribution in [0.3, 0.4) is 0 Å². The van der Waals surface area contributed by atoms with Crippen molar-refractivity contribution in [2.45, 2.75) is 19.9 Å². The second-order valence-corrected chi connectivity index (χ2v) is 10.3. The van der Waals surface area contributed by atoms with Crippen LogP contribution in [-0.4, -0.2) is 50.7 Å². The quantitative estimate of drug-likeness (QED) is 0.453. The summed E-state index contributed by atoms with van der Waals surface area (Å²) in [5, 5.41) is 9.01. The number of methoxy groups -OCH3 is 1. The van der Waals surface area contributed by atoms with Crippen molar-refractivity contribution in [1.29, 1.82) is 0 Å². The molecule has 0 saturated carbocycles. The van der Waals surface area contributed by atoms with Crippen molar-refractivity contribution >= 4 is 44.7 Å². The van der Waals surface area contributed by atoms with Crippen LogP contribution in [0.5, 0.6) is 5.75 Å². The van der Waals surface area contributed by atoms with Gasteiger partial charge in [0.2, 0.25) is 5.95 Å². The number of aromatic nitrogens is 3. The minimum Gasteiger partial charge on any atom is -0.497 e. The summed E-state index contributed by atoms with van der Waals surface area (Å²) in [5.41, 5.74) is 1.00. The smallest absolute Gasteiger partial charge is 0.256 e. The number of nitrogens with zero attached hydrogens (tertiary/aromatic N) is 4. The largest absolute Gasteiger partial charge is 0.497 e. The minimum atomic E-state index is -2.37. The second-order valence-electron chi connectivity index (χ2n) is 7.72. The van der Waals surface area contributed by atoms with Gasteiger partial charge in [-0.3, -0.25) is 4.79 Å². The van der Waals surface area contributed by atoms with Crippen LogP contribution in [0.4, 0.5) is 29.1 Å². The number of nitrogens with one attached hydrogen (secondary N) is 3. The Morgan fingerprint density at radius 2 is 1.79 bits per heavy atom. The van der Waals surface area contributed by atoms with Gasteiger partial charge >= 0.3 is 0 Å². The Labute approximate surface area is 193 Å². The number of pyridine rings is 1. The van der Waals surface area contributed by atoms with Gasteiger partial charge in [0.15, 0.2) is 5.82 Å². The van der Waals surface area contributed by atoms with Crippen molar-refractivity contribution in [1.82, 2.24) is 20.3 Å². The molecule has 174 valence electrons. The number of amides is 1. The third-order valence-corrected chi connectivity index (χ3v) is 4.72. The molecule has 33 heavy (non-hydrogen) atoms. The maximum Gasteiger partial charge on any atom is 0.256 e. The summed E-state index contributed by atoms with van der Waals surface area (Å²) in [4.78, 5) is 25.9. The van der Waals surface area contributed by atoms with Gasteiger partial charge < -0.3 is 20.7 Å². The molecule has 0 spiro atoms. The summed E-state index contributed by atoms with van der Waals surface area (Å²) >= 11 is 0. The molecule has 2 heterocycles. The van der Waals surface area contributed by atoms with Gasteiger partial charge in [-0.1, -0.05) is 6.07 Å². The molecule has 1 amide bonds. The molecule has 0 aliphatic heterocycles. The maximum absolute atomic E-state index is 12.7. The molecule has 2 aromatic heterocycles. The van der Waals surface area contributed by atoms with Gasteiger partial charge in [0, 0.05) is 40.2 Å². The van der Waals surface area contributed by atoms with E-state index < -0.39 is 9.73 Å². The number of carbonyl (C=O) groups excluding carboxylic acids is 1. The Bertz CT molecular complexity index is 1250. The number of hydrogen-bond acceptors (Lipinski definition) is 9. The van der Waals surface area contributed by atoms with Gasteiger partial charge in [-0.05, 0) is 50.2 Å². The Balaban J connectivity index is 1.95. The van der Waals surface area contributed by atoms with Crippen LogP contribution < -0.4 is 20.7 Å². The molecular formula is C22H27N7O3S. The SMILES string of the molecule is COc1ccc(Nc2ncc(C(=O)NC(C)C)c(Nc3cccc(N=S(C)(C)=O)n3)n2)cc1. The van der Waals surface area contributed by atoms with Gasteiger partial charge in [0.25, 0.3) is 5.91 Å². The van der Waals surface area contributed by atoms with E-state index in [2.05, 4.69) is 35.3 Å². The topological polar surface area (TPSA) is 130 Å². The van der Waals surface area contributed by atoms with E-state index in [9.17, 15) is 9.00 Å². The average molecular weight is 470 g/mol. The van der Waals surface area contributed by atoms with E-state index in [-0.39, 0.29) is 29.3 Å². The Kier molecular flexibility index (Phi) is 7.44. The van der Waals surface area contributed by atoms with E-state index in [0.717, 1.165) is 11.4 Å². The van der Waals surface area contributed by atoms with E-state index >= 15 is 0 Å². The number of anilines is 4. The fourth-order valence-corrected chi connectivity index (χ4v) is 3.29. The monoisotopic (exact) mass is 469 g/mol. The van der Waals surface area contributed by atoms with Gasteiger partial charge in [0.05, 0.1) is 7.11 Å². The number of hydrogen-bond donors (Lipinski definition) is 3. The van der Waals surface area contributed by atoms with Crippen molar-refractivity contribution < 1.29 is 13.7 Å². The zero-order valence-corrected chi connectivity index (χ0v) is 19.9. The van der Waals surface area contributed by atoms with Gasteiger partial charge in [-0.2, -0.15) is 9.35 Å². The molecule has 0 fully saturated rings. The third-order valence-electron chi connectivity index (χ3n) is 4.09. The number of benzene rings is 1. The first kappa shape index (κ1) is 23.9. The molecule has 3 rings (SSSR count). The molecule has 0 aliphatic rings. The predicted octanol–water partition coefficient (Wildman–Crippen LogP) is 3.86. The lowest BCUT2D eigenvalue weighted by Crippen LogP contribution is -2.31. The van der Waals surface area contributed by atoms with E-state index in [4.69, 9.17) is 4.74 Å². The Morgan fingerprint density at radius 1 is 1.06 bits per heavy atom. The average Bonchev–Trinajstić information content (AvgIpc) is 2.73. The standard InChI is InChI=1S/C22H27N7O3S/c1-14(2)24-21(30)17-13-23-22(25-15-9-11-16(32-3)12-10-15)28-20(17)27-18-7-6-8-19(26-18)29-33(4,5)31/h6-14H,1-5H3,(H,24,30)(H2,23,25,26,27,28). The molecule has 0 atom stereocenters. The number of ether oxygens (including phenoxy) is 1. The van der Waals surface area contributed by atoms with Crippen molar-refractivity contribution in [2.75, 3.05) is 30.3 Å². The molecule has 3 N–H and O–H groups in total. The Morgan fingerprint density at radius 3 is 2.42 bits per heavy atom. The molecule has 11 heteroatoms. The Hall–Kier alpha value is -3.73. The van der Waals surface area contributed by atoms with Crippen LogP contribution in [0.25, 0.3) is 0 Å². The van der Waals surface area contributed by atoms with Crippen molar-refractivity contribution in [3.05, 3.63) is 54.2 Å². The number of carbonyl (C=O) groups is 1. The predicted molar refractivity (Wildman–Crippen MR) is 131 cm³/mol. The van der Waals surface area contributed by atoms with Crippen LogP contribution in [0.1, 0.15) is 24.2 Å². The van der Waals surface area contributed by atoms with Crippen LogP contribution in [0, 0.1) is 0 Å². The third kappa shape index (κ3) is 7.14. The lowest BCUT2D eigenvalue weighted by Gasteiger charge is -2.14. The van der Waals surface area contributed by atoms with Gasteiger partial charge in [0.1, 0.15) is 22.9 Å². The fraction of sp³-hybridized carbons (Fsp3) is 0.273.